The number of rotatable bonds is 7. The first kappa shape index (κ1) is 18.7. The van der Waals surface area contributed by atoms with Gasteiger partial charge in [0, 0.05) is 31.7 Å². The van der Waals surface area contributed by atoms with E-state index in [4.69, 9.17) is 4.74 Å². The minimum absolute atomic E-state index is 0.0674. The van der Waals surface area contributed by atoms with Crippen molar-refractivity contribution in [2.45, 2.75) is 77.8 Å². The Kier molecular flexibility index (Phi) is 6.46. The van der Waals surface area contributed by atoms with Crippen molar-refractivity contribution in [3.8, 4) is 0 Å². The van der Waals surface area contributed by atoms with Crippen LogP contribution < -0.4 is 5.32 Å². The second-order valence-corrected chi connectivity index (χ2v) is 7.89. The summed E-state index contributed by atoms with van der Waals surface area (Å²) in [6.07, 6.45) is 2.97. The average Bonchev–Trinajstić information content (AvgIpc) is 3.27. The topological polar surface area (TPSA) is 44.8 Å². The molecule has 2 rings (SSSR count). The van der Waals surface area contributed by atoms with E-state index in [9.17, 15) is 4.79 Å². The van der Waals surface area contributed by atoms with Crippen LogP contribution in [-0.4, -0.2) is 72.7 Å². The molecule has 1 aliphatic carbocycles. The zero-order valence-electron chi connectivity index (χ0n) is 15.7. The van der Waals surface area contributed by atoms with Gasteiger partial charge in [0.15, 0.2) is 0 Å². The lowest BCUT2D eigenvalue weighted by Crippen LogP contribution is -2.57. The van der Waals surface area contributed by atoms with E-state index in [0.29, 0.717) is 12.0 Å². The number of morpholine rings is 1. The SMILES string of the molecule is CC1CN(C(C(=O)NCC(C)N(C)C2CC2)C(C)C)CC(C)O1. The van der Waals surface area contributed by atoms with Crippen LogP contribution in [0.25, 0.3) is 0 Å². The van der Waals surface area contributed by atoms with Crippen LogP contribution in [0.4, 0.5) is 0 Å². The fraction of sp³-hybridized carbons (Fsp3) is 0.944. The van der Waals surface area contributed by atoms with Gasteiger partial charge < -0.3 is 10.1 Å². The lowest BCUT2D eigenvalue weighted by molar-refractivity contribution is -0.135. The largest absolute Gasteiger partial charge is 0.373 e. The van der Waals surface area contributed by atoms with Crippen LogP contribution in [0, 0.1) is 5.92 Å². The van der Waals surface area contributed by atoms with Crippen LogP contribution in [0.15, 0.2) is 0 Å². The van der Waals surface area contributed by atoms with Crippen LogP contribution in [0.2, 0.25) is 0 Å². The highest BCUT2D eigenvalue weighted by molar-refractivity contribution is 5.82. The van der Waals surface area contributed by atoms with Crippen molar-refractivity contribution in [2.24, 2.45) is 5.92 Å². The van der Waals surface area contributed by atoms with E-state index < -0.39 is 0 Å². The monoisotopic (exact) mass is 325 g/mol. The first-order valence-corrected chi connectivity index (χ1v) is 9.18. The van der Waals surface area contributed by atoms with E-state index in [-0.39, 0.29) is 24.2 Å². The maximum absolute atomic E-state index is 12.8. The Labute approximate surface area is 141 Å². The number of amides is 1. The van der Waals surface area contributed by atoms with Gasteiger partial charge in [0.2, 0.25) is 5.91 Å². The van der Waals surface area contributed by atoms with Crippen molar-refractivity contribution in [3.63, 3.8) is 0 Å². The number of hydrogen-bond donors (Lipinski definition) is 1. The molecule has 23 heavy (non-hydrogen) atoms. The van der Waals surface area contributed by atoms with Gasteiger partial charge in [-0.25, -0.2) is 0 Å². The van der Waals surface area contributed by atoms with Gasteiger partial charge in [0.05, 0.1) is 18.2 Å². The number of likely N-dealkylation sites (N-methyl/N-ethyl adjacent to an activating group) is 1. The molecule has 134 valence electrons. The molecule has 0 aromatic rings. The number of carbonyl (C=O) groups is 1. The Balaban J connectivity index is 1.90. The maximum Gasteiger partial charge on any atom is 0.237 e. The van der Waals surface area contributed by atoms with Crippen LogP contribution in [0.3, 0.4) is 0 Å². The highest BCUT2D eigenvalue weighted by Gasteiger charge is 2.35. The van der Waals surface area contributed by atoms with Crippen LogP contribution in [0.1, 0.15) is 47.5 Å². The lowest BCUT2D eigenvalue weighted by atomic mass is 9.99. The number of nitrogens with zero attached hydrogens (tertiary/aromatic N) is 2. The standard InChI is InChI=1S/C18H35N3O2/c1-12(2)17(21-10-14(4)23-15(5)11-21)18(22)19-9-13(3)20(6)16-7-8-16/h12-17H,7-11H2,1-6H3,(H,19,22). The highest BCUT2D eigenvalue weighted by atomic mass is 16.5. The number of carbonyl (C=O) groups excluding carboxylic acids is 1. The molecule has 0 bridgehead atoms. The highest BCUT2D eigenvalue weighted by Crippen LogP contribution is 2.26. The molecule has 1 saturated carbocycles. The van der Waals surface area contributed by atoms with Gasteiger partial charge >= 0.3 is 0 Å². The summed E-state index contributed by atoms with van der Waals surface area (Å²) in [6, 6.07) is 1.05. The van der Waals surface area contributed by atoms with E-state index in [1.165, 1.54) is 12.8 Å². The van der Waals surface area contributed by atoms with E-state index in [0.717, 1.165) is 25.7 Å². The van der Waals surface area contributed by atoms with Gasteiger partial charge in [0.1, 0.15) is 0 Å². The predicted molar refractivity (Wildman–Crippen MR) is 93.5 cm³/mol. The molecule has 4 atom stereocenters. The zero-order chi connectivity index (χ0) is 17.1. The summed E-state index contributed by atoms with van der Waals surface area (Å²) in [5, 5.41) is 3.19. The van der Waals surface area contributed by atoms with Gasteiger partial charge in [-0.3, -0.25) is 14.6 Å². The summed E-state index contributed by atoms with van der Waals surface area (Å²) in [6.45, 7) is 13.0. The van der Waals surface area contributed by atoms with Crippen LogP contribution in [0.5, 0.6) is 0 Å². The molecule has 0 aromatic carbocycles. The summed E-state index contributed by atoms with van der Waals surface area (Å²) in [5.74, 6) is 0.460. The average molecular weight is 325 g/mol. The molecule has 2 aliphatic rings. The molecular weight excluding hydrogens is 290 g/mol. The van der Waals surface area contributed by atoms with Gasteiger partial charge in [0.25, 0.3) is 0 Å². The van der Waals surface area contributed by atoms with Crippen molar-refractivity contribution in [2.75, 3.05) is 26.7 Å². The molecule has 5 nitrogen and oxygen atoms in total. The third-order valence-electron chi connectivity index (χ3n) is 5.13. The molecule has 1 saturated heterocycles. The molecule has 2 fully saturated rings. The van der Waals surface area contributed by atoms with Crippen molar-refractivity contribution >= 4 is 5.91 Å². The summed E-state index contributed by atoms with van der Waals surface area (Å²) in [4.78, 5) is 17.5. The lowest BCUT2D eigenvalue weighted by Gasteiger charge is -2.41. The Hall–Kier alpha value is -0.650. The normalized spacial score (nSPS) is 28.9. The summed E-state index contributed by atoms with van der Waals surface area (Å²) >= 11 is 0. The Morgan fingerprint density at radius 1 is 1.22 bits per heavy atom. The Morgan fingerprint density at radius 2 is 1.78 bits per heavy atom. The molecule has 1 amide bonds. The quantitative estimate of drug-likeness (QED) is 0.774. The van der Waals surface area contributed by atoms with Crippen LogP contribution >= 0.6 is 0 Å². The van der Waals surface area contributed by atoms with Crippen molar-refractivity contribution < 1.29 is 9.53 Å². The van der Waals surface area contributed by atoms with Gasteiger partial charge in [-0.2, -0.15) is 0 Å². The summed E-state index contributed by atoms with van der Waals surface area (Å²) in [7, 11) is 2.17. The van der Waals surface area contributed by atoms with E-state index >= 15 is 0 Å². The number of nitrogens with one attached hydrogen (secondary N) is 1. The molecule has 1 aliphatic heterocycles. The molecule has 4 unspecified atom stereocenters. The Morgan fingerprint density at radius 3 is 2.26 bits per heavy atom. The van der Waals surface area contributed by atoms with Crippen molar-refractivity contribution in [1.82, 2.24) is 15.1 Å². The summed E-state index contributed by atoms with van der Waals surface area (Å²) in [5.41, 5.74) is 0. The molecule has 1 heterocycles. The van der Waals surface area contributed by atoms with E-state index in [2.05, 4.69) is 56.8 Å². The summed E-state index contributed by atoms with van der Waals surface area (Å²) < 4.78 is 5.81. The maximum atomic E-state index is 12.8. The third kappa shape index (κ3) is 5.16. The first-order chi connectivity index (χ1) is 10.8. The number of hydrogen-bond acceptors (Lipinski definition) is 4. The second-order valence-electron chi connectivity index (χ2n) is 7.89. The fourth-order valence-corrected chi connectivity index (χ4v) is 3.67. The second kappa shape index (κ2) is 7.95. The van der Waals surface area contributed by atoms with Gasteiger partial charge in [-0.05, 0) is 46.6 Å². The van der Waals surface area contributed by atoms with Crippen molar-refractivity contribution in [3.05, 3.63) is 0 Å². The van der Waals surface area contributed by atoms with E-state index in [1.807, 2.05) is 0 Å². The predicted octanol–water partition coefficient (Wildman–Crippen LogP) is 1.72. The third-order valence-corrected chi connectivity index (χ3v) is 5.13. The van der Waals surface area contributed by atoms with Crippen molar-refractivity contribution in [1.29, 1.82) is 0 Å². The fourth-order valence-electron chi connectivity index (χ4n) is 3.67. The number of ether oxygens (including phenoxy) is 1. The molecule has 0 spiro atoms. The minimum atomic E-state index is -0.0674. The molecule has 5 heteroatoms. The van der Waals surface area contributed by atoms with Gasteiger partial charge in [-0.15, -0.1) is 0 Å². The van der Waals surface area contributed by atoms with E-state index in [1.54, 1.807) is 0 Å². The minimum Gasteiger partial charge on any atom is -0.373 e. The van der Waals surface area contributed by atoms with Gasteiger partial charge in [-0.1, -0.05) is 13.8 Å². The van der Waals surface area contributed by atoms with Crippen LogP contribution in [-0.2, 0) is 9.53 Å². The first-order valence-electron chi connectivity index (χ1n) is 9.18. The smallest absolute Gasteiger partial charge is 0.237 e. The molecule has 0 aromatic heterocycles. The molecule has 1 N–H and O–H groups in total. The Bertz CT molecular complexity index is 388. The zero-order valence-corrected chi connectivity index (χ0v) is 15.7. The molecule has 0 radical (unpaired) electrons. The molecular formula is C18H35N3O2.